The Morgan fingerprint density at radius 1 is 0.897 bits per heavy atom. The number of carbonyl (C=O) groups excluding carboxylic acids is 1. The van der Waals surface area contributed by atoms with Crippen molar-refractivity contribution in [3.8, 4) is 0 Å². The van der Waals surface area contributed by atoms with E-state index in [0.717, 1.165) is 16.7 Å². The normalized spacial score (nSPS) is 15.7. The predicted octanol–water partition coefficient (Wildman–Crippen LogP) is 4.85. The zero-order valence-electron chi connectivity index (χ0n) is 16.0. The topological polar surface area (TPSA) is 50.5 Å². The molecule has 3 aromatic carbocycles. The van der Waals surface area contributed by atoms with Gasteiger partial charge in [0.15, 0.2) is 5.43 Å². The van der Waals surface area contributed by atoms with Crippen LogP contribution in [0.4, 0.5) is 0 Å². The number of hydrogen-bond acceptors (Lipinski definition) is 3. The highest BCUT2D eigenvalue weighted by molar-refractivity contribution is 5.99. The van der Waals surface area contributed by atoms with E-state index < -0.39 is 6.04 Å². The first kappa shape index (κ1) is 17.4. The van der Waals surface area contributed by atoms with Crippen LogP contribution in [-0.2, 0) is 6.54 Å². The maximum Gasteiger partial charge on any atom is 0.291 e. The fourth-order valence-corrected chi connectivity index (χ4v) is 4.06. The molecule has 4 aromatic rings. The Hall–Kier alpha value is -3.66. The minimum Gasteiger partial charge on any atom is -0.450 e. The van der Waals surface area contributed by atoms with Crippen LogP contribution in [0.1, 0.15) is 38.9 Å². The van der Waals surface area contributed by atoms with Gasteiger partial charge in [0, 0.05) is 6.54 Å². The quantitative estimate of drug-likeness (QED) is 0.510. The summed E-state index contributed by atoms with van der Waals surface area (Å²) in [5.41, 5.74) is 3.61. The molecule has 4 heteroatoms. The summed E-state index contributed by atoms with van der Waals surface area (Å²) in [7, 11) is 0. The third-order valence-corrected chi connectivity index (χ3v) is 5.43. The van der Waals surface area contributed by atoms with Gasteiger partial charge in [-0.25, -0.2) is 0 Å². The molecule has 0 radical (unpaired) electrons. The molecule has 1 aromatic heterocycles. The fraction of sp³-hybridized carbons (Fsp3) is 0.120. The van der Waals surface area contributed by atoms with Crippen LogP contribution in [0.5, 0.6) is 0 Å². The number of rotatable bonds is 3. The second-order valence-electron chi connectivity index (χ2n) is 7.41. The Morgan fingerprint density at radius 2 is 1.59 bits per heavy atom. The number of fused-ring (bicyclic) bond motifs is 2. The lowest BCUT2D eigenvalue weighted by molar-refractivity contribution is 0.0714. The highest BCUT2D eigenvalue weighted by Gasteiger charge is 2.42. The van der Waals surface area contributed by atoms with E-state index in [9.17, 15) is 9.59 Å². The molecule has 2 heterocycles. The molecule has 1 aliphatic rings. The number of nitrogens with zero attached hydrogens (tertiary/aromatic N) is 1. The minimum absolute atomic E-state index is 0.136. The van der Waals surface area contributed by atoms with E-state index in [0.29, 0.717) is 23.1 Å². The Labute approximate surface area is 168 Å². The molecule has 0 N–H and O–H groups in total. The molecular formula is C25H19NO3. The second-order valence-corrected chi connectivity index (χ2v) is 7.41. The average molecular weight is 381 g/mol. The summed E-state index contributed by atoms with van der Waals surface area (Å²) in [6.07, 6.45) is 0. The van der Waals surface area contributed by atoms with Crippen molar-refractivity contribution >= 4 is 16.9 Å². The maximum absolute atomic E-state index is 13.5. The van der Waals surface area contributed by atoms with Crippen LogP contribution < -0.4 is 5.43 Å². The molecule has 0 spiro atoms. The van der Waals surface area contributed by atoms with Crippen molar-refractivity contribution in [3.05, 3.63) is 117 Å². The van der Waals surface area contributed by atoms with Crippen LogP contribution >= 0.6 is 0 Å². The summed E-state index contributed by atoms with van der Waals surface area (Å²) in [4.78, 5) is 28.5. The molecule has 0 saturated carbocycles. The van der Waals surface area contributed by atoms with Crippen molar-refractivity contribution < 1.29 is 9.21 Å². The summed E-state index contributed by atoms with van der Waals surface area (Å²) >= 11 is 0. The Balaban J connectivity index is 1.74. The van der Waals surface area contributed by atoms with Crippen LogP contribution in [0.15, 0.2) is 88.1 Å². The number of benzene rings is 3. The fourth-order valence-electron chi connectivity index (χ4n) is 4.06. The average Bonchev–Trinajstić information content (AvgIpc) is 3.02. The van der Waals surface area contributed by atoms with Gasteiger partial charge in [-0.15, -0.1) is 0 Å². The highest BCUT2D eigenvalue weighted by atomic mass is 16.3. The van der Waals surface area contributed by atoms with Crippen molar-refractivity contribution in [2.24, 2.45) is 0 Å². The number of hydrogen-bond donors (Lipinski definition) is 0. The largest absolute Gasteiger partial charge is 0.450 e. The van der Waals surface area contributed by atoms with E-state index in [1.807, 2.05) is 79.7 Å². The van der Waals surface area contributed by atoms with Gasteiger partial charge >= 0.3 is 0 Å². The predicted molar refractivity (Wildman–Crippen MR) is 112 cm³/mol. The second kappa shape index (κ2) is 6.74. The van der Waals surface area contributed by atoms with Gasteiger partial charge in [0.25, 0.3) is 5.91 Å². The van der Waals surface area contributed by atoms with E-state index in [1.165, 1.54) is 0 Å². The third-order valence-electron chi connectivity index (χ3n) is 5.43. The monoisotopic (exact) mass is 381 g/mol. The van der Waals surface area contributed by atoms with Crippen molar-refractivity contribution in [2.45, 2.75) is 19.5 Å². The van der Waals surface area contributed by atoms with Crippen LogP contribution in [0.25, 0.3) is 11.0 Å². The SMILES string of the molecule is Cc1ccc2oc3c(c(=O)c2c1)C(c1ccccc1)N(Cc1ccccc1)C3=O. The van der Waals surface area contributed by atoms with Crippen LogP contribution in [-0.4, -0.2) is 10.8 Å². The summed E-state index contributed by atoms with van der Waals surface area (Å²) in [6, 6.07) is 24.5. The van der Waals surface area contributed by atoms with Gasteiger partial charge in [-0.1, -0.05) is 72.3 Å². The molecule has 1 unspecified atom stereocenters. The van der Waals surface area contributed by atoms with E-state index in [1.54, 1.807) is 11.0 Å². The number of carbonyl (C=O) groups is 1. The number of aryl methyl sites for hydroxylation is 1. The molecule has 1 amide bonds. The molecule has 0 saturated heterocycles. The summed E-state index contributed by atoms with van der Waals surface area (Å²) < 4.78 is 5.98. The van der Waals surface area contributed by atoms with Gasteiger partial charge in [-0.05, 0) is 30.2 Å². The maximum atomic E-state index is 13.5. The standard InChI is InChI=1S/C25H19NO3/c1-16-12-13-20-19(14-16)23(27)21-22(18-10-6-3-7-11-18)26(25(28)24(21)29-20)15-17-8-4-2-5-9-17/h2-14,22H,15H2,1H3. The van der Waals surface area contributed by atoms with Gasteiger partial charge in [0.1, 0.15) is 5.58 Å². The third kappa shape index (κ3) is 2.85. The molecule has 142 valence electrons. The number of amides is 1. The van der Waals surface area contributed by atoms with E-state index in [4.69, 9.17) is 4.42 Å². The lowest BCUT2D eigenvalue weighted by Crippen LogP contribution is -2.29. The molecule has 5 rings (SSSR count). The van der Waals surface area contributed by atoms with Crippen molar-refractivity contribution in [3.63, 3.8) is 0 Å². The minimum atomic E-state index is -0.472. The van der Waals surface area contributed by atoms with Crippen LogP contribution in [0.2, 0.25) is 0 Å². The molecule has 0 fully saturated rings. The lowest BCUT2D eigenvalue weighted by atomic mass is 9.98. The van der Waals surface area contributed by atoms with E-state index in [-0.39, 0.29) is 17.1 Å². The first-order valence-electron chi connectivity index (χ1n) is 9.60. The first-order valence-corrected chi connectivity index (χ1v) is 9.60. The van der Waals surface area contributed by atoms with Gasteiger partial charge in [-0.2, -0.15) is 0 Å². The Kier molecular flexibility index (Phi) is 4.06. The summed E-state index contributed by atoms with van der Waals surface area (Å²) in [5.74, 6) is -0.103. The van der Waals surface area contributed by atoms with Gasteiger partial charge in [0.2, 0.25) is 5.76 Å². The van der Waals surface area contributed by atoms with E-state index in [2.05, 4.69) is 0 Å². The molecular weight excluding hydrogens is 362 g/mol. The van der Waals surface area contributed by atoms with Gasteiger partial charge in [-0.3, -0.25) is 9.59 Å². The molecule has 0 bridgehead atoms. The zero-order chi connectivity index (χ0) is 20.0. The first-order chi connectivity index (χ1) is 14.1. The lowest BCUT2D eigenvalue weighted by Gasteiger charge is -2.25. The smallest absolute Gasteiger partial charge is 0.291 e. The molecule has 4 nitrogen and oxygen atoms in total. The Morgan fingerprint density at radius 3 is 2.31 bits per heavy atom. The van der Waals surface area contributed by atoms with Crippen molar-refractivity contribution in [1.82, 2.24) is 4.90 Å². The molecule has 1 atom stereocenters. The summed E-state index contributed by atoms with van der Waals surface area (Å²) in [6.45, 7) is 2.34. The molecule has 29 heavy (non-hydrogen) atoms. The van der Waals surface area contributed by atoms with Gasteiger partial charge in [0.05, 0.1) is 17.0 Å². The van der Waals surface area contributed by atoms with Gasteiger partial charge < -0.3 is 9.32 Å². The molecule has 0 aliphatic carbocycles. The van der Waals surface area contributed by atoms with Crippen LogP contribution in [0, 0.1) is 6.92 Å². The van der Waals surface area contributed by atoms with Crippen molar-refractivity contribution in [1.29, 1.82) is 0 Å². The molecule has 1 aliphatic heterocycles. The zero-order valence-corrected chi connectivity index (χ0v) is 16.0. The Bertz CT molecular complexity index is 1280. The van der Waals surface area contributed by atoms with E-state index >= 15 is 0 Å². The van der Waals surface area contributed by atoms with Crippen LogP contribution in [0.3, 0.4) is 0 Å². The van der Waals surface area contributed by atoms with Crippen molar-refractivity contribution in [2.75, 3.05) is 0 Å². The highest BCUT2D eigenvalue weighted by Crippen LogP contribution is 2.39. The summed E-state index contributed by atoms with van der Waals surface area (Å²) in [5, 5.41) is 0.513.